The molecule has 5 heteroatoms. The molecule has 1 amide bonds. The molecule has 1 aromatic rings. The second kappa shape index (κ2) is 8.74. The number of amides is 1. The summed E-state index contributed by atoms with van der Waals surface area (Å²) in [6, 6.07) is 7.09. The van der Waals surface area contributed by atoms with E-state index < -0.39 is 6.04 Å². The molecule has 0 aliphatic carbocycles. The highest BCUT2D eigenvalue weighted by Gasteiger charge is 2.14. The fourth-order valence-corrected chi connectivity index (χ4v) is 2.19. The number of benzene rings is 1. The van der Waals surface area contributed by atoms with Gasteiger partial charge in [0.2, 0.25) is 5.91 Å². The maximum Gasteiger partial charge on any atom is 0.241 e. The topological polar surface area (TPSA) is 64.4 Å². The smallest absolute Gasteiger partial charge is 0.241 e. The van der Waals surface area contributed by atoms with Gasteiger partial charge in [-0.15, -0.1) is 18.3 Å². The molecule has 0 aliphatic heterocycles. The van der Waals surface area contributed by atoms with Crippen molar-refractivity contribution < 1.29 is 9.53 Å². The summed E-state index contributed by atoms with van der Waals surface area (Å²) >= 11 is 1.62. The zero-order valence-electron chi connectivity index (χ0n) is 11.1. The molecule has 0 aromatic heterocycles. The Morgan fingerprint density at radius 2 is 2.32 bits per heavy atom. The summed E-state index contributed by atoms with van der Waals surface area (Å²) in [7, 11) is 1.59. The number of nitrogens with one attached hydrogen (secondary N) is 1. The number of methoxy groups -OCH3 is 1. The molecule has 104 valence electrons. The molecule has 1 aromatic carbocycles. The fourth-order valence-electron chi connectivity index (χ4n) is 1.45. The number of rotatable bonds is 8. The summed E-state index contributed by atoms with van der Waals surface area (Å²) in [6.07, 6.45) is 2.33. The molecule has 1 rings (SSSR count). The molecule has 0 saturated heterocycles. The highest BCUT2D eigenvalue weighted by atomic mass is 32.2. The van der Waals surface area contributed by atoms with Crippen LogP contribution in [0.4, 0.5) is 5.69 Å². The molecular weight excluding hydrogens is 260 g/mol. The van der Waals surface area contributed by atoms with Gasteiger partial charge >= 0.3 is 0 Å². The second-order valence-electron chi connectivity index (χ2n) is 3.97. The predicted octanol–water partition coefficient (Wildman–Crippen LogP) is 2.27. The van der Waals surface area contributed by atoms with E-state index in [0.717, 1.165) is 16.3 Å². The first-order valence-corrected chi connectivity index (χ1v) is 7.05. The zero-order chi connectivity index (χ0) is 14.1. The lowest BCUT2D eigenvalue weighted by atomic mass is 10.2. The lowest BCUT2D eigenvalue weighted by Crippen LogP contribution is -2.36. The Labute approximate surface area is 118 Å². The van der Waals surface area contributed by atoms with Crippen LogP contribution in [0.25, 0.3) is 0 Å². The van der Waals surface area contributed by atoms with E-state index in [4.69, 9.17) is 10.5 Å². The Kier molecular flexibility index (Phi) is 7.25. The monoisotopic (exact) mass is 280 g/mol. The standard InChI is InChI=1S/C14H20N2O2S/c1-3-10-19-13-7-5-4-6-12(13)16-14(17)11(15)8-9-18-2/h3-7,11H,1,8-10,15H2,2H3,(H,16,17). The van der Waals surface area contributed by atoms with Gasteiger partial charge in [0.05, 0.1) is 11.7 Å². The number of carbonyl (C=O) groups is 1. The van der Waals surface area contributed by atoms with Crippen molar-refractivity contribution >= 4 is 23.4 Å². The van der Waals surface area contributed by atoms with Gasteiger partial charge in [-0.3, -0.25) is 4.79 Å². The van der Waals surface area contributed by atoms with Crippen LogP contribution in [0.2, 0.25) is 0 Å². The van der Waals surface area contributed by atoms with Crippen LogP contribution >= 0.6 is 11.8 Å². The molecule has 0 fully saturated rings. The first-order chi connectivity index (χ1) is 9.19. The molecule has 1 unspecified atom stereocenters. The summed E-state index contributed by atoms with van der Waals surface area (Å²) in [6.45, 7) is 4.16. The van der Waals surface area contributed by atoms with Crippen LogP contribution in [0.5, 0.6) is 0 Å². The third-order valence-electron chi connectivity index (χ3n) is 2.47. The van der Waals surface area contributed by atoms with Gasteiger partial charge in [0.1, 0.15) is 0 Å². The molecule has 0 spiro atoms. The minimum atomic E-state index is -0.558. The molecule has 0 saturated carbocycles. The molecule has 3 N–H and O–H groups in total. The summed E-state index contributed by atoms with van der Waals surface area (Å²) in [5, 5.41) is 2.85. The number of ether oxygens (including phenoxy) is 1. The van der Waals surface area contributed by atoms with E-state index in [9.17, 15) is 4.79 Å². The highest BCUT2D eigenvalue weighted by Crippen LogP contribution is 2.26. The SMILES string of the molecule is C=CCSc1ccccc1NC(=O)C(N)CCOC. The molecule has 0 radical (unpaired) electrons. The Balaban J connectivity index is 2.64. The number of anilines is 1. The largest absolute Gasteiger partial charge is 0.385 e. The van der Waals surface area contributed by atoms with Crippen molar-refractivity contribution in [1.82, 2.24) is 0 Å². The van der Waals surface area contributed by atoms with Crippen LogP contribution in [0.1, 0.15) is 6.42 Å². The molecule has 19 heavy (non-hydrogen) atoms. The van der Waals surface area contributed by atoms with Crippen LogP contribution in [-0.4, -0.2) is 31.4 Å². The van der Waals surface area contributed by atoms with Crippen molar-refractivity contribution in [2.24, 2.45) is 5.73 Å². The predicted molar refractivity (Wildman–Crippen MR) is 80.5 cm³/mol. The number of thioether (sulfide) groups is 1. The van der Waals surface area contributed by atoms with Crippen LogP contribution < -0.4 is 11.1 Å². The third-order valence-corrected chi connectivity index (χ3v) is 3.54. The Morgan fingerprint density at radius 1 is 1.58 bits per heavy atom. The highest BCUT2D eigenvalue weighted by molar-refractivity contribution is 7.99. The average Bonchev–Trinajstić information content (AvgIpc) is 2.43. The molecule has 0 bridgehead atoms. The lowest BCUT2D eigenvalue weighted by molar-refractivity contribution is -0.117. The maximum absolute atomic E-state index is 11.9. The average molecular weight is 280 g/mol. The minimum absolute atomic E-state index is 0.191. The summed E-state index contributed by atoms with van der Waals surface area (Å²) in [4.78, 5) is 12.9. The van der Waals surface area contributed by atoms with Gasteiger partial charge in [-0.25, -0.2) is 0 Å². The number of carbonyl (C=O) groups excluding carboxylic acids is 1. The van der Waals surface area contributed by atoms with Gasteiger partial charge in [0.15, 0.2) is 0 Å². The Bertz CT molecular complexity index is 424. The molecule has 1 atom stereocenters. The quantitative estimate of drug-likeness (QED) is 0.566. The van der Waals surface area contributed by atoms with Crippen molar-refractivity contribution in [3.8, 4) is 0 Å². The van der Waals surface area contributed by atoms with E-state index in [1.807, 2.05) is 30.3 Å². The van der Waals surface area contributed by atoms with E-state index in [1.54, 1.807) is 18.9 Å². The number of para-hydroxylation sites is 1. The van der Waals surface area contributed by atoms with E-state index in [0.29, 0.717) is 13.0 Å². The molecule has 0 heterocycles. The van der Waals surface area contributed by atoms with Gasteiger partial charge < -0.3 is 15.8 Å². The van der Waals surface area contributed by atoms with Crippen LogP contribution in [-0.2, 0) is 9.53 Å². The molecule has 4 nitrogen and oxygen atoms in total. The maximum atomic E-state index is 11.9. The van der Waals surface area contributed by atoms with E-state index in [1.165, 1.54) is 0 Å². The van der Waals surface area contributed by atoms with Gasteiger partial charge in [-0.2, -0.15) is 0 Å². The summed E-state index contributed by atoms with van der Waals surface area (Å²) < 4.78 is 4.91. The van der Waals surface area contributed by atoms with Crippen LogP contribution in [0, 0.1) is 0 Å². The summed E-state index contributed by atoms with van der Waals surface area (Å²) in [5.74, 6) is 0.603. The summed E-state index contributed by atoms with van der Waals surface area (Å²) in [5.41, 5.74) is 6.57. The number of hydrogen-bond donors (Lipinski definition) is 2. The van der Waals surface area contributed by atoms with E-state index in [-0.39, 0.29) is 5.91 Å². The fraction of sp³-hybridized carbons (Fsp3) is 0.357. The first kappa shape index (κ1) is 15.8. The second-order valence-corrected chi connectivity index (χ2v) is 5.03. The van der Waals surface area contributed by atoms with Crippen LogP contribution in [0.15, 0.2) is 41.8 Å². The van der Waals surface area contributed by atoms with Crippen molar-refractivity contribution in [3.05, 3.63) is 36.9 Å². The normalized spacial score (nSPS) is 11.9. The van der Waals surface area contributed by atoms with Crippen molar-refractivity contribution in [1.29, 1.82) is 0 Å². The Morgan fingerprint density at radius 3 is 3.00 bits per heavy atom. The lowest BCUT2D eigenvalue weighted by Gasteiger charge is -2.14. The zero-order valence-corrected chi connectivity index (χ0v) is 11.9. The third kappa shape index (κ3) is 5.46. The van der Waals surface area contributed by atoms with Crippen molar-refractivity contribution in [2.75, 3.05) is 24.8 Å². The number of nitrogens with two attached hydrogens (primary N) is 1. The minimum Gasteiger partial charge on any atom is -0.385 e. The van der Waals surface area contributed by atoms with E-state index in [2.05, 4.69) is 11.9 Å². The van der Waals surface area contributed by atoms with E-state index >= 15 is 0 Å². The van der Waals surface area contributed by atoms with Crippen molar-refractivity contribution in [2.45, 2.75) is 17.4 Å². The molecular formula is C14H20N2O2S. The van der Waals surface area contributed by atoms with Gasteiger partial charge in [0.25, 0.3) is 0 Å². The van der Waals surface area contributed by atoms with Gasteiger partial charge in [-0.1, -0.05) is 18.2 Å². The van der Waals surface area contributed by atoms with Crippen LogP contribution in [0.3, 0.4) is 0 Å². The van der Waals surface area contributed by atoms with Gasteiger partial charge in [0, 0.05) is 24.4 Å². The van der Waals surface area contributed by atoms with Crippen molar-refractivity contribution in [3.63, 3.8) is 0 Å². The Hall–Kier alpha value is -1.30. The van der Waals surface area contributed by atoms with Gasteiger partial charge in [-0.05, 0) is 18.6 Å². The molecule has 0 aliphatic rings. The first-order valence-electron chi connectivity index (χ1n) is 6.07. The number of hydrogen-bond acceptors (Lipinski definition) is 4.